The van der Waals surface area contributed by atoms with Gasteiger partial charge in [-0.3, -0.25) is 9.69 Å². The molecule has 0 aliphatic carbocycles. The SMILES string of the molecule is CCN(CC)C(CNC(=O)NCc1ccc(C(=O)N2CC(C)OC(C)C2)cc1)c1ccsc1. The molecular formula is C25H36N4O3S. The number of nitrogens with one attached hydrogen (secondary N) is 2. The lowest BCUT2D eigenvalue weighted by molar-refractivity contribution is -0.0586. The summed E-state index contributed by atoms with van der Waals surface area (Å²) in [6.07, 6.45) is 0.0847. The Labute approximate surface area is 201 Å². The van der Waals surface area contributed by atoms with Gasteiger partial charge in [0.15, 0.2) is 0 Å². The summed E-state index contributed by atoms with van der Waals surface area (Å²) in [5.74, 6) is 0.0186. The zero-order chi connectivity index (χ0) is 23.8. The summed E-state index contributed by atoms with van der Waals surface area (Å²) in [6.45, 7) is 12.3. The third-order valence-corrected chi connectivity index (χ3v) is 6.70. The number of thiophene rings is 1. The number of benzene rings is 1. The highest BCUT2D eigenvalue weighted by Gasteiger charge is 2.26. The van der Waals surface area contributed by atoms with Crippen LogP contribution >= 0.6 is 11.3 Å². The van der Waals surface area contributed by atoms with E-state index in [-0.39, 0.29) is 30.2 Å². The molecule has 0 radical (unpaired) electrons. The molecule has 3 atom stereocenters. The van der Waals surface area contributed by atoms with Crippen molar-refractivity contribution in [1.82, 2.24) is 20.4 Å². The van der Waals surface area contributed by atoms with Crippen LogP contribution in [0.15, 0.2) is 41.1 Å². The van der Waals surface area contributed by atoms with Crippen LogP contribution in [-0.2, 0) is 11.3 Å². The van der Waals surface area contributed by atoms with Gasteiger partial charge in [0.05, 0.1) is 18.2 Å². The molecule has 1 aromatic heterocycles. The van der Waals surface area contributed by atoms with Gasteiger partial charge in [-0.25, -0.2) is 4.79 Å². The highest BCUT2D eigenvalue weighted by Crippen LogP contribution is 2.22. The van der Waals surface area contributed by atoms with Gasteiger partial charge in [0, 0.05) is 31.7 Å². The van der Waals surface area contributed by atoms with Crippen LogP contribution in [0, 0.1) is 0 Å². The number of hydrogen-bond donors (Lipinski definition) is 2. The second kappa shape index (κ2) is 12.2. The highest BCUT2D eigenvalue weighted by atomic mass is 32.1. The zero-order valence-corrected chi connectivity index (χ0v) is 20.9. The molecule has 0 spiro atoms. The Morgan fingerprint density at radius 1 is 1.09 bits per heavy atom. The van der Waals surface area contributed by atoms with E-state index in [1.807, 2.05) is 43.0 Å². The first-order valence-corrected chi connectivity index (χ1v) is 12.7. The lowest BCUT2D eigenvalue weighted by Crippen LogP contribution is -2.48. The van der Waals surface area contributed by atoms with Crippen molar-refractivity contribution in [1.29, 1.82) is 0 Å². The number of morpholine rings is 1. The molecule has 0 bridgehead atoms. The van der Waals surface area contributed by atoms with Gasteiger partial charge in [0.2, 0.25) is 0 Å². The van der Waals surface area contributed by atoms with E-state index >= 15 is 0 Å². The number of carbonyl (C=O) groups is 2. The molecule has 8 heteroatoms. The number of amides is 3. The van der Waals surface area contributed by atoms with E-state index in [2.05, 4.69) is 46.2 Å². The van der Waals surface area contributed by atoms with Gasteiger partial charge >= 0.3 is 6.03 Å². The lowest BCUT2D eigenvalue weighted by Gasteiger charge is -2.35. The average Bonchev–Trinajstić information content (AvgIpc) is 3.34. The van der Waals surface area contributed by atoms with Crippen molar-refractivity contribution in [3.63, 3.8) is 0 Å². The molecule has 180 valence electrons. The lowest BCUT2D eigenvalue weighted by atomic mass is 10.1. The van der Waals surface area contributed by atoms with Gasteiger partial charge in [0.25, 0.3) is 5.91 Å². The number of carbonyl (C=O) groups excluding carboxylic acids is 2. The molecule has 33 heavy (non-hydrogen) atoms. The number of likely N-dealkylation sites (N-methyl/N-ethyl adjacent to an activating group) is 1. The van der Waals surface area contributed by atoms with Crippen molar-refractivity contribution in [2.75, 3.05) is 32.7 Å². The minimum absolute atomic E-state index is 0.0186. The molecule has 1 aliphatic heterocycles. The molecule has 3 rings (SSSR count). The number of urea groups is 1. The Morgan fingerprint density at radius 3 is 2.33 bits per heavy atom. The van der Waals surface area contributed by atoms with Crippen molar-refractivity contribution in [3.8, 4) is 0 Å². The van der Waals surface area contributed by atoms with Gasteiger partial charge in [-0.05, 0) is 67.0 Å². The normalized spacial score (nSPS) is 19.4. The van der Waals surface area contributed by atoms with E-state index in [0.29, 0.717) is 31.7 Å². The highest BCUT2D eigenvalue weighted by molar-refractivity contribution is 7.08. The topological polar surface area (TPSA) is 73.9 Å². The fourth-order valence-electron chi connectivity index (χ4n) is 4.31. The number of rotatable bonds is 9. The fraction of sp³-hybridized carbons (Fsp3) is 0.520. The molecule has 1 aliphatic rings. The summed E-state index contributed by atoms with van der Waals surface area (Å²) in [5.41, 5.74) is 2.83. The van der Waals surface area contributed by atoms with E-state index in [4.69, 9.17) is 4.74 Å². The third kappa shape index (κ3) is 7.03. The number of ether oxygens (including phenoxy) is 1. The minimum Gasteiger partial charge on any atom is -0.372 e. The maximum atomic E-state index is 12.8. The average molecular weight is 473 g/mol. The number of hydrogen-bond acceptors (Lipinski definition) is 5. The summed E-state index contributed by atoms with van der Waals surface area (Å²) in [5, 5.41) is 10.1. The van der Waals surface area contributed by atoms with E-state index in [0.717, 1.165) is 18.7 Å². The third-order valence-electron chi connectivity index (χ3n) is 6.00. The van der Waals surface area contributed by atoms with Crippen molar-refractivity contribution in [2.45, 2.75) is 52.5 Å². The van der Waals surface area contributed by atoms with Crippen LogP contribution in [0.5, 0.6) is 0 Å². The quantitative estimate of drug-likeness (QED) is 0.581. The molecule has 0 saturated carbocycles. The number of nitrogens with zero attached hydrogens (tertiary/aromatic N) is 2. The van der Waals surface area contributed by atoms with Gasteiger partial charge in [-0.2, -0.15) is 11.3 Å². The Kier molecular flexibility index (Phi) is 9.29. The van der Waals surface area contributed by atoms with Crippen molar-refractivity contribution in [2.24, 2.45) is 0 Å². The first-order valence-electron chi connectivity index (χ1n) is 11.7. The van der Waals surface area contributed by atoms with E-state index in [9.17, 15) is 9.59 Å². The van der Waals surface area contributed by atoms with Crippen molar-refractivity contribution in [3.05, 3.63) is 57.8 Å². The molecule has 3 unspecified atom stereocenters. The second-order valence-corrected chi connectivity index (χ2v) is 9.30. The second-order valence-electron chi connectivity index (χ2n) is 8.52. The largest absolute Gasteiger partial charge is 0.372 e. The van der Waals surface area contributed by atoms with Gasteiger partial charge < -0.3 is 20.3 Å². The monoisotopic (exact) mass is 472 g/mol. The molecule has 2 N–H and O–H groups in total. The van der Waals surface area contributed by atoms with Gasteiger partial charge in [-0.1, -0.05) is 26.0 Å². The first kappa shape index (κ1) is 25.2. The predicted molar refractivity (Wildman–Crippen MR) is 133 cm³/mol. The molecule has 1 fully saturated rings. The maximum absolute atomic E-state index is 12.8. The maximum Gasteiger partial charge on any atom is 0.315 e. The summed E-state index contributed by atoms with van der Waals surface area (Å²) in [6, 6.07) is 9.53. The van der Waals surface area contributed by atoms with Crippen molar-refractivity contribution < 1.29 is 14.3 Å². The van der Waals surface area contributed by atoms with Gasteiger partial charge in [-0.15, -0.1) is 0 Å². The van der Waals surface area contributed by atoms with E-state index in [1.165, 1.54) is 5.56 Å². The van der Waals surface area contributed by atoms with Crippen LogP contribution in [0.3, 0.4) is 0 Å². The van der Waals surface area contributed by atoms with Crippen LogP contribution in [0.4, 0.5) is 4.79 Å². The predicted octanol–water partition coefficient (Wildman–Crippen LogP) is 3.88. The summed E-state index contributed by atoms with van der Waals surface area (Å²) in [7, 11) is 0. The van der Waals surface area contributed by atoms with E-state index in [1.54, 1.807) is 11.3 Å². The Morgan fingerprint density at radius 2 is 1.76 bits per heavy atom. The van der Waals surface area contributed by atoms with Crippen LogP contribution in [0.25, 0.3) is 0 Å². The zero-order valence-electron chi connectivity index (χ0n) is 20.0. The Balaban J connectivity index is 1.49. The first-order chi connectivity index (χ1) is 15.9. The molecule has 2 aromatic rings. The van der Waals surface area contributed by atoms with E-state index < -0.39 is 0 Å². The molecule has 7 nitrogen and oxygen atoms in total. The minimum atomic E-state index is -0.196. The van der Waals surface area contributed by atoms with Crippen LogP contribution < -0.4 is 10.6 Å². The van der Waals surface area contributed by atoms with Crippen molar-refractivity contribution >= 4 is 23.3 Å². The Hall–Kier alpha value is -2.42. The molecule has 1 saturated heterocycles. The molecule has 2 heterocycles. The molecule has 1 aromatic carbocycles. The smallest absolute Gasteiger partial charge is 0.315 e. The summed E-state index contributed by atoms with van der Waals surface area (Å²) >= 11 is 1.67. The van der Waals surface area contributed by atoms with Gasteiger partial charge in [0.1, 0.15) is 0 Å². The van der Waals surface area contributed by atoms with Crippen LogP contribution in [0.2, 0.25) is 0 Å². The molecular weight excluding hydrogens is 436 g/mol. The summed E-state index contributed by atoms with van der Waals surface area (Å²) < 4.78 is 5.71. The fourth-order valence-corrected chi connectivity index (χ4v) is 5.02. The van der Waals surface area contributed by atoms with Crippen LogP contribution in [0.1, 0.15) is 55.2 Å². The summed E-state index contributed by atoms with van der Waals surface area (Å²) in [4.78, 5) is 29.4. The standard InChI is InChI=1S/C25H36N4O3S/c1-5-28(6-2)23(22-11-12-33-17-22)14-27-25(31)26-13-20-7-9-21(10-8-20)24(30)29-15-18(3)32-19(4)16-29/h7-12,17-19,23H,5-6,13-16H2,1-4H3,(H2,26,27,31). The molecule has 3 amide bonds. The van der Waals surface area contributed by atoms with Crippen LogP contribution in [-0.4, -0.2) is 66.7 Å². The Bertz CT molecular complexity index is 874.